The third-order valence-electron chi connectivity index (χ3n) is 1.47. The first-order valence-electron chi connectivity index (χ1n) is 4.23. The van der Waals surface area contributed by atoms with Crippen molar-refractivity contribution in [3.05, 3.63) is 0 Å². The van der Waals surface area contributed by atoms with E-state index in [0.717, 1.165) is 0 Å². The number of nitrogens with one attached hydrogen (secondary N) is 1. The fourth-order valence-electron chi connectivity index (χ4n) is 0.898. The van der Waals surface area contributed by atoms with Gasteiger partial charge in [-0.3, -0.25) is 9.59 Å². The Morgan fingerprint density at radius 3 is 2.20 bits per heavy atom. The average Bonchev–Trinajstić information content (AvgIpc) is 2.00. The van der Waals surface area contributed by atoms with Crippen LogP contribution in [0.2, 0.25) is 0 Å². The van der Waals surface area contributed by atoms with Gasteiger partial charge in [-0.25, -0.2) is 13.1 Å². The standard InChI is InChI=1S/C7H13NO6S/c1-2-3-15(13,14)8-5(7(11)12)4-6(9)10/h5,8H,2-4H2,1H3,(H,9,10)(H,11,12)/t5-/m1/s1. The van der Waals surface area contributed by atoms with Crippen molar-refractivity contribution in [2.45, 2.75) is 25.8 Å². The van der Waals surface area contributed by atoms with Crippen LogP contribution in [0, 0.1) is 0 Å². The fourth-order valence-corrected chi connectivity index (χ4v) is 2.17. The van der Waals surface area contributed by atoms with Gasteiger partial charge in [0.15, 0.2) is 0 Å². The number of hydrogen-bond acceptors (Lipinski definition) is 4. The summed E-state index contributed by atoms with van der Waals surface area (Å²) in [5.74, 6) is -3.10. The van der Waals surface area contributed by atoms with Crippen LogP contribution in [0.4, 0.5) is 0 Å². The minimum atomic E-state index is -3.72. The van der Waals surface area contributed by atoms with Crippen LogP contribution >= 0.6 is 0 Å². The summed E-state index contributed by atoms with van der Waals surface area (Å²) < 4.78 is 24.1. The van der Waals surface area contributed by atoms with Crippen LogP contribution in [0.1, 0.15) is 19.8 Å². The molecule has 0 aliphatic heterocycles. The van der Waals surface area contributed by atoms with Gasteiger partial charge in [0.25, 0.3) is 0 Å². The van der Waals surface area contributed by atoms with Gasteiger partial charge in [-0.15, -0.1) is 0 Å². The van der Waals surface area contributed by atoms with E-state index in [0.29, 0.717) is 6.42 Å². The van der Waals surface area contributed by atoms with E-state index in [1.165, 1.54) is 0 Å². The molecule has 0 rings (SSSR count). The van der Waals surface area contributed by atoms with E-state index < -0.39 is 34.4 Å². The van der Waals surface area contributed by atoms with Crippen LogP contribution in [0.15, 0.2) is 0 Å². The van der Waals surface area contributed by atoms with Crippen LogP contribution in [-0.2, 0) is 19.6 Å². The van der Waals surface area contributed by atoms with Gasteiger partial charge in [0, 0.05) is 0 Å². The van der Waals surface area contributed by atoms with Gasteiger partial charge in [0.05, 0.1) is 12.2 Å². The van der Waals surface area contributed by atoms with Crippen molar-refractivity contribution < 1.29 is 28.2 Å². The Kier molecular flexibility index (Phi) is 5.23. The van der Waals surface area contributed by atoms with E-state index in [4.69, 9.17) is 10.2 Å². The molecule has 0 unspecified atom stereocenters. The topological polar surface area (TPSA) is 121 Å². The second kappa shape index (κ2) is 5.66. The number of hydrogen-bond donors (Lipinski definition) is 3. The molecular formula is C7H13NO6S. The lowest BCUT2D eigenvalue weighted by Crippen LogP contribution is -2.43. The lowest BCUT2D eigenvalue weighted by atomic mass is 10.2. The first-order valence-corrected chi connectivity index (χ1v) is 5.88. The predicted octanol–water partition coefficient (Wildman–Crippen LogP) is -0.756. The van der Waals surface area contributed by atoms with Gasteiger partial charge in [0.1, 0.15) is 6.04 Å². The molecular weight excluding hydrogens is 226 g/mol. The molecule has 0 aromatic carbocycles. The molecule has 0 aliphatic rings. The van der Waals surface area contributed by atoms with Crippen LogP contribution in [0.3, 0.4) is 0 Å². The highest BCUT2D eigenvalue weighted by Crippen LogP contribution is 1.98. The first-order chi connectivity index (χ1) is 6.78. The Labute approximate surface area is 87.2 Å². The van der Waals surface area contributed by atoms with Gasteiger partial charge in [-0.1, -0.05) is 6.92 Å². The molecule has 0 radical (unpaired) electrons. The first kappa shape index (κ1) is 13.8. The number of sulfonamides is 1. The van der Waals surface area contributed by atoms with Gasteiger partial charge >= 0.3 is 11.9 Å². The summed E-state index contributed by atoms with van der Waals surface area (Å²) in [6, 6.07) is -1.61. The molecule has 0 saturated carbocycles. The second-order valence-electron chi connectivity index (χ2n) is 2.93. The van der Waals surface area contributed by atoms with Crippen molar-refractivity contribution in [2.24, 2.45) is 0 Å². The molecule has 0 amide bonds. The van der Waals surface area contributed by atoms with Gasteiger partial charge in [-0.2, -0.15) is 0 Å². The van der Waals surface area contributed by atoms with Crippen molar-refractivity contribution in [3.63, 3.8) is 0 Å². The zero-order chi connectivity index (χ0) is 12.1. The Morgan fingerprint density at radius 2 is 1.87 bits per heavy atom. The van der Waals surface area contributed by atoms with E-state index in [1.54, 1.807) is 6.92 Å². The molecule has 3 N–H and O–H groups in total. The van der Waals surface area contributed by atoms with E-state index in [9.17, 15) is 18.0 Å². The van der Waals surface area contributed by atoms with Crippen LogP contribution < -0.4 is 4.72 Å². The highest BCUT2D eigenvalue weighted by Gasteiger charge is 2.25. The molecule has 0 fully saturated rings. The van der Waals surface area contributed by atoms with Gasteiger partial charge in [0.2, 0.25) is 10.0 Å². The molecule has 0 spiro atoms. The van der Waals surface area contributed by atoms with Gasteiger partial charge in [-0.05, 0) is 6.42 Å². The molecule has 0 bridgehead atoms. The van der Waals surface area contributed by atoms with E-state index >= 15 is 0 Å². The van der Waals surface area contributed by atoms with Crippen molar-refractivity contribution in [1.29, 1.82) is 0 Å². The summed E-state index contributed by atoms with van der Waals surface area (Å²) in [5.41, 5.74) is 0. The Morgan fingerprint density at radius 1 is 1.33 bits per heavy atom. The lowest BCUT2D eigenvalue weighted by molar-refractivity contribution is -0.145. The monoisotopic (exact) mass is 239 g/mol. The number of rotatable bonds is 7. The van der Waals surface area contributed by atoms with Crippen molar-refractivity contribution >= 4 is 22.0 Å². The minimum absolute atomic E-state index is 0.226. The molecule has 0 saturated heterocycles. The van der Waals surface area contributed by atoms with Crippen LogP contribution in [0.5, 0.6) is 0 Å². The number of carboxylic acid groups (broad SMARTS) is 2. The Bertz CT molecular complexity index is 335. The summed E-state index contributed by atoms with van der Waals surface area (Å²) in [4.78, 5) is 20.8. The van der Waals surface area contributed by atoms with Gasteiger partial charge < -0.3 is 10.2 Å². The molecule has 15 heavy (non-hydrogen) atoms. The molecule has 88 valence electrons. The number of carboxylic acids is 2. The minimum Gasteiger partial charge on any atom is -0.481 e. The summed E-state index contributed by atoms with van der Waals surface area (Å²) in [7, 11) is -3.72. The maximum absolute atomic E-state index is 11.2. The quantitative estimate of drug-likeness (QED) is 0.537. The summed E-state index contributed by atoms with van der Waals surface area (Å²) >= 11 is 0. The molecule has 1 atom stereocenters. The zero-order valence-electron chi connectivity index (χ0n) is 8.13. The van der Waals surface area contributed by atoms with E-state index in [1.807, 2.05) is 4.72 Å². The predicted molar refractivity (Wildman–Crippen MR) is 50.9 cm³/mol. The molecule has 0 aromatic rings. The summed E-state index contributed by atoms with van der Waals surface area (Å²) in [6.07, 6.45) is -0.451. The van der Waals surface area contributed by atoms with E-state index in [-0.39, 0.29) is 5.75 Å². The van der Waals surface area contributed by atoms with Crippen molar-refractivity contribution in [2.75, 3.05) is 5.75 Å². The Hall–Kier alpha value is -1.15. The molecule has 0 aromatic heterocycles. The Balaban J connectivity index is 4.55. The fraction of sp³-hybridized carbons (Fsp3) is 0.714. The SMILES string of the molecule is CCCS(=O)(=O)N[C@H](CC(=O)O)C(=O)O. The zero-order valence-corrected chi connectivity index (χ0v) is 8.95. The summed E-state index contributed by atoms with van der Waals surface area (Å²) in [6.45, 7) is 1.62. The molecule has 8 heteroatoms. The second-order valence-corrected chi connectivity index (χ2v) is 4.80. The molecule has 0 heterocycles. The van der Waals surface area contributed by atoms with Crippen molar-refractivity contribution in [3.8, 4) is 0 Å². The number of carbonyl (C=O) groups is 2. The molecule has 0 aliphatic carbocycles. The lowest BCUT2D eigenvalue weighted by Gasteiger charge is -2.11. The summed E-state index contributed by atoms with van der Waals surface area (Å²) in [5, 5.41) is 16.9. The largest absolute Gasteiger partial charge is 0.481 e. The molecule has 7 nitrogen and oxygen atoms in total. The third-order valence-corrected chi connectivity index (χ3v) is 3.06. The smallest absolute Gasteiger partial charge is 0.322 e. The van der Waals surface area contributed by atoms with E-state index in [2.05, 4.69) is 0 Å². The number of aliphatic carboxylic acids is 2. The highest BCUT2D eigenvalue weighted by atomic mass is 32.2. The maximum Gasteiger partial charge on any atom is 0.322 e. The normalized spacial score (nSPS) is 13.4. The van der Waals surface area contributed by atoms with Crippen molar-refractivity contribution in [1.82, 2.24) is 4.72 Å². The maximum atomic E-state index is 11.2. The van der Waals surface area contributed by atoms with Crippen LogP contribution in [-0.4, -0.2) is 42.4 Å². The highest BCUT2D eigenvalue weighted by molar-refractivity contribution is 7.89. The third kappa shape index (κ3) is 6.02. The van der Waals surface area contributed by atoms with Crippen LogP contribution in [0.25, 0.3) is 0 Å². The average molecular weight is 239 g/mol.